The topological polar surface area (TPSA) is 37.4 Å². The van der Waals surface area contributed by atoms with Crippen LogP contribution in [0.2, 0.25) is 0 Å². The Morgan fingerprint density at radius 3 is 2.07 bits per heavy atom. The molecule has 0 spiro atoms. The fraction of sp³-hybridized carbons (Fsp3) is 0.417. The first-order valence-electron chi connectivity index (χ1n) is 9.87. The van der Waals surface area contributed by atoms with E-state index in [2.05, 4.69) is 36.4 Å². The molecule has 144 valence electrons. The Balaban J connectivity index is 0.00000126. The minimum Gasteiger partial charge on any atom is -0.279 e. The number of hydrogen-bond donors (Lipinski definition) is 0. The van der Waals surface area contributed by atoms with Crippen LogP contribution in [0.1, 0.15) is 53.0 Å². The molecule has 27 heavy (non-hydrogen) atoms. The molecule has 1 unspecified atom stereocenters. The minimum atomic E-state index is -0.532. The molecular weight excluding hydrogens is 334 g/mol. The second-order valence-electron chi connectivity index (χ2n) is 7.78. The molecule has 0 aliphatic carbocycles. The van der Waals surface area contributed by atoms with Gasteiger partial charge in [0.05, 0.1) is 0 Å². The Bertz CT molecular complexity index is 757. The van der Waals surface area contributed by atoms with E-state index in [1.807, 2.05) is 52.8 Å². The Kier molecular flexibility index (Phi) is 6.95. The molecule has 2 aromatic rings. The summed E-state index contributed by atoms with van der Waals surface area (Å²) in [5.74, 6) is -0.105. The highest BCUT2D eigenvalue weighted by Crippen LogP contribution is 2.29. The third kappa shape index (κ3) is 5.06. The van der Waals surface area contributed by atoms with Gasteiger partial charge in [0, 0.05) is 17.9 Å². The van der Waals surface area contributed by atoms with Crippen LogP contribution in [-0.2, 0) is 16.0 Å². The van der Waals surface area contributed by atoms with Crippen molar-refractivity contribution in [1.29, 1.82) is 0 Å². The summed E-state index contributed by atoms with van der Waals surface area (Å²) in [7, 11) is 0. The van der Waals surface area contributed by atoms with Crippen LogP contribution >= 0.6 is 0 Å². The summed E-state index contributed by atoms with van der Waals surface area (Å²) < 4.78 is 0. The number of carbonyl (C=O) groups is 2. The lowest BCUT2D eigenvalue weighted by Gasteiger charge is -2.29. The zero-order valence-corrected chi connectivity index (χ0v) is 17.2. The highest BCUT2D eigenvalue weighted by atomic mass is 16.2. The summed E-state index contributed by atoms with van der Waals surface area (Å²) in [6, 6.07) is 18.7. The van der Waals surface area contributed by atoms with Crippen molar-refractivity contribution in [2.24, 2.45) is 5.41 Å². The molecule has 1 fully saturated rings. The van der Waals surface area contributed by atoms with Gasteiger partial charge < -0.3 is 0 Å². The first-order chi connectivity index (χ1) is 12.9. The minimum absolute atomic E-state index is 0.0261. The van der Waals surface area contributed by atoms with E-state index in [0.717, 1.165) is 18.4 Å². The van der Waals surface area contributed by atoms with Gasteiger partial charge in [-0.3, -0.25) is 14.5 Å². The largest absolute Gasteiger partial charge is 0.279 e. The zero-order chi connectivity index (χ0) is 20.0. The molecule has 0 bridgehead atoms. The van der Waals surface area contributed by atoms with E-state index in [-0.39, 0.29) is 17.9 Å². The van der Waals surface area contributed by atoms with Gasteiger partial charge in [0.15, 0.2) is 0 Å². The number of likely N-dealkylation sites (tertiary alicyclic amines) is 1. The van der Waals surface area contributed by atoms with E-state index >= 15 is 0 Å². The second-order valence-corrected chi connectivity index (χ2v) is 7.78. The molecule has 1 saturated heterocycles. The van der Waals surface area contributed by atoms with Crippen LogP contribution in [0, 0.1) is 5.41 Å². The summed E-state index contributed by atoms with van der Waals surface area (Å²) in [5.41, 5.74) is 2.99. The Labute approximate surface area is 163 Å². The fourth-order valence-electron chi connectivity index (χ4n) is 3.31. The molecule has 2 aromatic carbocycles. The molecule has 0 radical (unpaired) electrons. The van der Waals surface area contributed by atoms with Crippen LogP contribution in [0.4, 0.5) is 0 Å². The lowest BCUT2D eigenvalue weighted by atomic mass is 9.93. The number of rotatable bonds is 3. The Morgan fingerprint density at radius 2 is 1.52 bits per heavy atom. The first kappa shape index (κ1) is 20.9. The number of carbonyl (C=O) groups excluding carboxylic acids is 2. The van der Waals surface area contributed by atoms with Gasteiger partial charge in [0.2, 0.25) is 11.8 Å². The van der Waals surface area contributed by atoms with Gasteiger partial charge in [-0.15, -0.1) is 0 Å². The van der Waals surface area contributed by atoms with E-state index in [9.17, 15) is 9.59 Å². The van der Waals surface area contributed by atoms with Crippen molar-refractivity contribution in [2.45, 2.75) is 59.9 Å². The molecule has 2 amide bonds. The van der Waals surface area contributed by atoms with Crippen molar-refractivity contribution >= 4 is 11.8 Å². The molecule has 1 heterocycles. The molecule has 1 aliphatic heterocycles. The highest BCUT2D eigenvalue weighted by Gasteiger charge is 2.40. The third-order valence-corrected chi connectivity index (χ3v) is 4.72. The van der Waals surface area contributed by atoms with E-state index in [0.29, 0.717) is 6.42 Å². The normalized spacial score (nSPS) is 16.7. The molecule has 3 heteroatoms. The number of imide groups is 1. The van der Waals surface area contributed by atoms with Gasteiger partial charge in [0.25, 0.3) is 0 Å². The molecular formula is C24H31NO2. The van der Waals surface area contributed by atoms with Gasteiger partial charge in [-0.25, -0.2) is 0 Å². The zero-order valence-electron chi connectivity index (χ0n) is 17.2. The second kappa shape index (κ2) is 8.98. The maximum absolute atomic E-state index is 12.6. The van der Waals surface area contributed by atoms with Gasteiger partial charge in [-0.2, -0.15) is 0 Å². The van der Waals surface area contributed by atoms with E-state index in [4.69, 9.17) is 0 Å². The summed E-state index contributed by atoms with van der Waals surface area (Å²) >= 11 is 0. The van der Waals surface area contributed by atoms with Crippen LogP contribution in [0.15, 0.2) is 54.6 Å². The predicted molar refractivity (Wildman–Crippen MR) is 111 cm³/mol. The molecule has 3 rings (SSSR count). The standard InChI is InChI=1S/C22H25NO2.C2H6/c1-22(2,3)21(25)23-19(13-14-20(23)24)15-16-9-11-18(12-10-16)17-7-5-4-6-8-17;1-2/h4-12,19H,13-15H2,1-3H3;1-2H3. The number of nitrogens with zero attached hydrogens (tertiary/aromatic N) is 1. The van der Waals surface area contributed by atoms with Gasteiger partial charge in [-0.05, 0) is 29.5 Å². The van der Waals surface area contributed by atoms with Crippen LogP contribution in [0.5, 0.6) is 0 Å². The SMILES string of the molecule is CC.CC(C)(C)C(=O)N1C(=O)CCC1Cc1ccc(-c2ccccc2)cc1. The smallest absolute Gasteiger partial charge is 0.234 e. The predicted octanol–water partition coefficient (Wildman–Crippen LogP) is 5.49. The highest BCUT2D eigenvalue weighted by molar-refractivity contribution is 5.99. The monoisotopic (exact) mass is 365 g/mol. The van der Waals surface area contributed by atoms with Crippen molar-refractivity contribution in [3.05, 3.63) is 60.2 Å². The quantitative estimate of drug-likeness (QED) is 0.721. The van der Waals surface area contributed by atoms with Crippen molar-refractivity contribution in [3.8, 4) is 11.1 Å². The van der Waals surface area contributed by atoms with Crippen molar-refractivity contribution in [1.82, 2.24) is 4.90 Å². The van der Waals surface area contributed by atoms with E-state index < -0.39 is 5.41 Å². The fourth-order valence-corrected chi connectivity index (χ4v) is 3.31. The summed E-state index contributed by atoms with van der Waals surface area (Å²) in [4.78, 5) is 26.3. The molecule has 1 atom stereocenters. The number of amides is 2. The van der Waals surface area contributed by atoms with E-state index in [1.54, 1.807) is 0 Å². The maximum Gasteiger partial charge on any atom is 0.234 e. The molecule has 1 aliphatic rings. The lowest BCUT2D eigenvalue weighted by Crippen LogP contribution is -2.45. The number of benzene rings is 2. The average molecular weight is 366 g/mol. The van der Waals surface area contributed by atoms with Crippen LogP contribution in [0.25, 0.3) is 11.1 Å². The van der Waals surface area contributed by atoms with Gasteiger partial charge in [0.1, 0.15) is 0 Å². The van der Waals surface area contributed by atoms with Crippen molar-refractivity contribution < 1.29 is 9.59 Å². The van der Waals surface area contributed by atoms with Gasteiger partial charge in [-0.1, -0.05) is 89.2 Å². The van der Waals surface area contributed by atoms with Crippen LogP contribution in [0.3, 0.4) is 0 Å². The lowest BCUT2D eigenvalue weighted by molar-refractivity contribution is -0.149. The number of hydrogen-bond acceptors (Lipinski definition) is 2. The van der Waals surface area contributed by atoms with E-state index in [1.165, 1.54) is 16.0 Å². The Hall–Kier alpha value is -2.42. The van der Waals surface area contributed by atoms with Gasteiger partial charge >= 0.3 is 0 Å². The van der Waals surface area contributed by atoms with Crippen molar-refractivity contribution in [3.63, 3.8) is 0 Å². The van der Waals surface area contributed by atoms with Crippen LogP contribution in [-0.4, -0.2) is 22.8 Å². The molecule has 0 saturated carbocycles. The first-order valence-corrected chi connectivity index (χ1v) is 9.87. The molecule has 3 nitrogen and oxygen atoms in total. The summed E-state index contributed by atoms with van der Waals surface area (Å²) in [6.07, 6.45) is 1.94. The average Bonchev–Trinajstić information content (AvgIpc) is 3.03. The summed E-state index contributed by atoms with van der Waals surface area (Å²) in [5, 5.41) is 0. The summed E-state index contributed by atoms with van der Waals surface area (Å²) in [6.45, 7) is 9.60. The molecule has 0 aromatic heterocycles. The maximum atomic E-state index is 12.6. The van der Waals surface area contributed by atoms with Crippen LogP contribution < -0.4 is 0 Å². The Morgan fingerprint density at radius 1 is 0.963 bits per heavy atom. The molecule has 0 N–H and O–H groups in total. The third-order valence-electron chi connectivity index (χ3n) is 4.72. The van der Waals surface area contributed by atoms with Crippen molar-refractivity contribution in [2.75, 3.05) is 0 Å².